The first-order chi connectivity index (χ1) is 10.3. The third-order valence-corrected chi connectivity index (χ3v) is 4.93. The lowest BCUT2D eigenvalue weighted by molar-refractivity contribution is 0.0871. The number of carbonyl (C=O) groups is 1. The number of pyridine rings is 1. The highest BCUT2D eigenvalue weighted by Crippen LogP contribution is 2.34. The number of hydrogen-bond donors (Lipinski definition) is 1. The number of ketones is 1. The lowest BCUT2D eigenvalue weighted by Gasteiger charge is -2.27. The summed E-state index contributed by atoms with van der Waals surface area (Å²) in [6, 6.07) is 1.92. The molecule has 3 rings (SSSR count). The summed E-state index contributed by atoms with van der Waals surface area (Å²) < 4.78 is 0. The van der Waals surface area contributed by atoms with Gasteiger partial charge in [-0.2, -0.15) is 0 Å². The van der Waals surface area contributed by atoms with Gasteiger partial charge in [-0.25, -0.2) is 0 Å². The van der Waals surface area contributed by atoms with Crippen LogP contribution in [0.25, 0.3) is 10.9 Å². The Kier molecular flexibility index (Phi) is 4.37. The summed E-state index contributed by atoms with van der Waals surface area (Å²) >= 11 is 0. The Morgan fingerprint density at radius 2 is 2.14 bits per heavy atom. The van der Waals surface area contributed by atoms with Gasteiger partial charge < -0.3 is 4.98 Å². The highest BCUT2D eigenvalue weighted by atomic mass is 16.1. The summed E-state index contributed by atoms with van der Waals surface area (Å²) in [4.78, 5) is 20.1. The van der Waals surface area contributed by atoms with E-state index in [1.807, 2.05) is 12.3 Å². The van der Waals surface area contributed by atoms with Crippen molar-refractivity contribution in [3.63, 3.8) is 0 Å². The number of carbonyl (C=O) groups excluding carboxylic acids is 1. The van der Waals surface area contributed by atoms with Gasteiger partial charge in [-0.3, -0.25) is 9.78 Å². The molecule has 0 saturated heterocycles. The van der Waals surface area contributed by atoms with E-state index in [9.17, 15) is 4.79 Å². The van der Waals surface area contributed by atoms with Crippen LogP contribution in [0.4, 0.5) is 0 Å². The van der Waals surface area contributed by atoms with Gasteiger partial charge in [0.25, 0.3) is 0 Å². The highest BCUT2D eigenvalue weighted by molar-refractivity contribution is 6.08. The maximum Gasteiger partial charge on any atom is 0.168 e. The minimum atomic E-state index is 0.210. The third kappa shape index (κ3) is 3.02. The number of rotatable bonds is 5. The van der Waals surface area contributed by atoms with E-state index >= 15 is 0 Å². The monoisotopic (exact) mass is 284 g/mol. The number of aromatic nitrogens is 2. The smallest absolute Gasteiger partial charge is 0.168 e. The summed E-state index contributed by atoms with van der Waals surface area (Å²) in [5, 5.41) is 0.968. The van der Waals surface area contributed by atoms with Gasteiger partial charge in [-0.1, -0.05) is 26.2 Å². The van der Waals surface area contributed by atoms with Gasteiger partial charge in [0.05, 0.1) is 0 Å². The molecule has 1 saturated carbocycles. The van der Waals surface area contributed by atoms with E-state index in [0.29, 0.717) is 5.78 Å². The lowest BCUT2D eigenvalue weighted by atomic mass is 9.77. The molecule has 0 aliphatic heterocycles. The zero-order valence-corrected chi connectivity index (χ0v) is 12.8. The summed E-state index contributed by atoms with van der Waals surface area (Å²) in [5.74, 6) is 1.36. The van der Waals surface area contributed by atoms with Crippen molar-refractivity contribution >= 4 is 16.7 Å². The summed E-state index contributed by atoms with van der Waals surface area (Å²) in [7, 11) is 0. The number of hydrogen-bond acceptors (Lipinski definition) is 2. The molecule has 2 aromatic rings. The van der Waals surface area contributed by atoms with Gasteiger partial charge in [-0.05, 0) is 37.7 Å². The summed E-state index contributed by atoms with van der Waals surface area (Å²) in [6.45, 7) is 2.25. The molecule has 0 unspecified atom stereocenters. The number of H-pyrrole nitrogens is 1. The van der Waals surface area contributed by atoms with Crippen LogP contribution in [-0.2, 0) is 0 Å². The number of aromatic amines is 1. The van der Waals surface area contributed by atoms with Crippen molar-refractivity contribution < 1.29 is 4.79 Å². The number of nitrogens with one attached hydrogen (secondary N) is 1. The predicted molar refractivity (Wildman–Crippen MR) is 85.4 cm³/mol. The van der Waals surface area contributed by atoms with Crippen molar-refractivity contribution in [1.82, 2.24) is 9.97 Å². The average molecular weight is 284 g/mol. The molecule has 1 aliphatic rings. The summed E-state index contributed by atoms with van der Waals surface area (Å²) in [5.41, 5.74) is 1.83. The van der Waals surface area contributed by atoms with Crippen LogP contribution >= 0.6 is 0 Å². The highest BCUT2D eigenvalue weighted by Gasteiger charge is 2.28. The Hall–Kier alpha value is -1.64. The van der Waals surface area contributed by atoms with Crippen molar-refractivity contribution in [1.29, 1.82) is 0 Å². The van der Waals surface area contributed by atoms with Gasteiger partial charge in [-0.15, -0.1) is 0 Å². The largest absolute Gasteiger partial charge is 0.360 e. The topological polar surface area (TPSA) is 45.8 Å². The molecule has 3 nitrogen and oxygen atoms in total. The maximum atomic E-state index is 12.7. The van der Waals surface area contributed by atoms with E-state index in [2.05, 4.69) is 16.9 Å². The van der Waals surface area contributed by atoms with Crippen molar-refractivity contribution in [3.05, 3.63) is 30.2 Å². The van der Waals surface area contributed by atoms with Crippen LogP contribution in [0.5, 0.6) is 0 Å². The first kappa shape index (κ1) is 14.3. The molecule has 0 bridgehead atoms. The second kappa shape index (κ2) is 6.42. The molecule has 1 fully saturated rings. The molecule has 1 N–H and O–H groups in total. The van der Waals surface area contributed by atoms with Gasteiger partial charge in [0.1, 0.15) is 0 Å². The van der Waals surface area contributed by atoms with Crippen LogP contribution < -0.4 is 0 Å². The fourth-order valence-electron chi connectivity index (χ4n) is 3.59. The predicted octanol–water partition coefficient (Wildman–Crippen LogP) is 4.74. The molecular formula is C18H24N2O. The molecule has 2 heterocycles. The number of Topliss-reactive ketones (excluding diaryl/α,β-unsaturated/α-hetero) is 1. The second-order valence-corrected chi connectivity index (χ2v) is 6.35. The first-order valence-electron chi connectivity index (χ1n) is 8.25. The van der Waals surface area contributed by atoms with E-state index in [1.54, 1.807) is 12.4 Å². The van der Waals surface area contributed by atoms with Crippen molar-refractivity contribution in [3.8, 4) is 0 Å². The molecule has 0 amide bonds. The Bertz CT molecular complexity index is 608. The Balaban J connectivity index is 1.67. The molecule has 21 heavy (non-hydrogen) atoms. The van der Waals surface area contributed by atoms with Crippen LogP contribution in [0, 0.1) is 11.8 Å². The van der Waals surface area contributed by atoms with Crippen LogP contribution in [0.1, 0.15) is 62.2 Å². The average Bonchev–Trinajstić information content (AvgIpc) is 2.97. The SMILES string of the molecule is CCCCC1CCC(C(=O)c2c[nH]c3ccncc23)CC1. The molecular weight excluding hydrogens is 260 g/mol. The van der Waals surface area contributed by atoms with Crippen molar-refractivity contribution in [2.45, 2.75) is 51.9 Å². The number of fused-ring (bicyclic) bond motifs is 1. The molecule has 0 aromatic carbocycles. The fourth-order valence-corrected chi connectivity index (χ4v) is 3.59. The zero-order chi connectivity index (χ0) is 14.7. The van der Waals surface area contributed by atoms with E-state index < -0.39 is 0 Å². The van der Waals surface area contributed by atoms with Gasteiger partial charge in [0, 0.05) is 41.0 Å². The Labute approximate surface area is 126 Å². The van der Waals surface area contributed by atoms with E-state index in [1.165, 1.54) is 32.1 Å². The maximum absolute atomic E-state index is 12.7. The van der Waals surface area contributed by atoms with Gasteiger partial charge in [0.15, 0.2) is 5.78 Å². The lowest BCUT2D eigenvalue weighted by Crippen LogP contribution is -2.22. The van der Waals surface area contributed by atoms with Crippen LogP contribution in [-0.4, -0.2) is 15.8 Å². The van der Waals surface area contributed by atoms with Crippen LogP contribution in [0.15, 0.2) is 24.7 Å². The molecule has 3 heteroatoms. The van der Waals surface area contributed by atoms with E-state index in [-0.39, 0.29) is 5.92 Å². The number of nitrogens with zero attached hydrogens (tertiary/aromatic N) is 1. The minimum Gasteiger partial charge on any atom is -0.360 e. The number of unbranched alkanes of at least 4 members (excludes halogenated alkanes) is 1. The van der Waals surface area contributed by atoms with E-state index in [0.717, 1.165) is 35.2 Å². The first-order valence-corrected chi connectivity index (χ1v) is 8.25. The van der Waals surface area contributed by atoms with Crippen LogP contribution in [0.2, 0.25) is 0 Å². The molecule has 1 aliphatic carbocycles. The third-order valence-electron chi connectivity index (χ3n) is 4.93. The quantitative estimate of drug-likeness (QED) is 0.806. The van der Waals surface area contributed by atoms with Crippen molar-refractivity contribution in [2.24, 2.45) is 11.8 Å². The summed E-state index contributed by atoms with van der Waals surface area (Å²) in [6.07, 6.45) is 13.9. The molecule has 2 aromatic heterocycles. The zero-order valence-electron chi connectivity index (χ0n) is 12.8. The van der Waals surface area contributed by atoms with Gasteiger partial charge in [0.2, 0.25) is 0 Å². The normalized spacial score (nSPS) is 22.5. The van der Waals surface area contributed by atoms with Crippen LogP contribution in [0.3, 0.4) is 0 Å². The molecule has 0 radical (unpaired) electrons. The second-order valence-electron chi connectivity index (χ2n) is 6.35. The Morgan fingerprint density at radius 3 is 2.90 bits per heavy atom. The Morgan fingerprint density at radius 1 is 1.33 bits per heavy atom. The molecule has 0 spiro atoms. The van der Waals surface area contributed by atoms with Crippen molar-refractivity contribution in [2.75, 3.05) is 0 Å². The van der Waals surface area contributed by atoms with Gasteiger partial charge >= 0.3 is 0 Å². The molecule has 0 atom stereocenters. The van der Waals surface area contributed by atoms with E-state index in [4.69, 9.17) is 0 Å². The standard InChI is InChI=1S/C18H24N2O/c1-2-3-4-13-5-7-14(8-6-13)18(21)16-12-20-17-9-10-19-11-15(16)17/h9-14,20H,2-8H2,1H3. The minimum absolute atomic E-state index is 0.210. The molecule has 112 valence electrons. The fraction of sp³-hybridized carbons (Fsp3) is 0.556.